The minimum absolute atomic E-state index is 0.528. The maximum atomic E-state index is 4.33. The molecule has 0 radical (unpaired) electrons. The van der Waals surface area contributed by atoms with Gasteiger partial charge < -0.3 is 5.32 Å². The Kier molecular flexibility index (Phi) is 3.70. The van der Waals surface area contributed by atoms with Gasteiger partial charge in [0.15, 0.2) is 0 Å². The van der Waals surface area contributed by atoms with Gasteiger partial charge in [0.25, 0.3) is 0 Å². The van der Waals surface area contributed by atoms with E-state index in [4.69, 9.17) is 0 Å². The Morgan fingerprint density at radius 1 is 1.11 bits per heavy atom. The van der Waals surface area contributed by atoms with E-state index in [1.54, 1.807) is 0 Å². The van der Waals surface area contributed by atoms with Crippen LogP contribution in [0.3, 0.4) is 0 Å². The van der Waals surface area contributed by atoms with Crippen LogP contribution in [-0.4, -0.2) is 17.6 Å². The van der Waals surface area contributed by atoms with Gasteiger partial charge in [-0.2, -0.15) is 0 Å². The number of hydrogen-bond acceptors (Lipinski definition) is 2. The molecule has 3 rings (SSSR count). The molecule has 1 unspecified atom stereocenters. The van der Waals surface area contributed by atoms with Crippen molar-refractivity contribution in [2.75, 3.05) is 6.54 Å². The maximum Gasteiger partial charge on any atom is 0.0346 e. The highest BCUT2D eigenvalue weighted by Crippen LogP contribution is 2.19. The van der Waals surface area contributed by atoms with Crippen LogP contribution in [0.15, 0.2) is 54.9 Å². The molecule has 1 fully saturated rings. The van der Waals surface area contributed by atoms with Crippen LogP contribution >= 0.6 is 0 Å². The van der Waals surface area contributed by atoms with E-state index in [1.165, 1.54) is 24.0 Å². The van der Waals surface area contributed by atoms with Gasteiger partial charge >= 0.3 is 0 Å². The quantitative estimate of drug-likeness (QED) is 0.901. The lowest BCUT2D eigenvalue weighted by Gasteiger charge is -2.04. The summed E-state index contributed by atoms with van der Waals surface area (Å²) in [6, 6.07) is 13.1. The van der Waals surface area contributed by atoms with Crippen LogP contribution < -0.4 is 5.32 Å². The summed E-state index contributed by atoms with van der Waals surface area (Å²) in [7, 11) is 0. The van der Waals surface area contributed by atoms with Gasteiger partial charge in [-0.3, -0.25) is 4.98 Å². The molecular formula is C17H18N2. The third kappa shape index (κ3) is 3.09. The minimum Gasteiger partial charge on any atom is -0.311 e. The van der Waals surface area contributed by atoms with Crippen molar-refractivity contribution in [1.29, 1.82) is 0 Å². The first-order valence-corrected chi connectivity index (χ1v) is 6.84. The van der Waals surface area contributed by atoms with E-state index in [2.05, 4.69) is 52.8 Å². The zero-order valence-electron chi connectivity index (χ0n) is 10.9. The van der Waals surface area contributed by atoms with Crippen molar-refractivity contribution in [3.8, 4) is 11.1 Å². The van der Waals surface area contributed by atoms with Crippen molar-refractivity contribution in [2.24, 2.45) is 0 Å². The summed E-state index contributed by atoms with van der Waals surface area (Å²) in [5.41, 5.74) is 3.54. The Bertz CT molecular complexity index is 554. The molecule has 1 N–H and O–H groups in total. The molecule has 0 saturated carbocycles. The standard InChI is InChI=1S/C17H18N2/c1-2-5-15(6-3-1)16-11-14(12-18-13-16)8-9-17-7-4-10-19-17/h1-3,5-6,8-9,11-13,17,19H,4,7,10H2. The maximum absolute atomic E-state index is 4.33. The fraction of sp³-hybridized carbons (Fsp3) is 0.235. The second kappa shape index (κ2) is 5.81. The van der Waals surface area contributed by atoms with Gasteiger partial charge in [-0.15, -0.1) is 0 Å². The second-order valence-corrected chi connectivity index (χ2v) is 4.93. The molecule has 1 aromatic heterocycles. The van der Waals surface area contributed by atoms with Crippen LogP contribution in [0, 0.1) is 0 Å². The molecule has 0 bridgehead atoms. The first-order valence-electron chi connectivity index (χ1n) is 6.84. The van der Waals surface area contributed by atoms with Crippen molar-refractivity contribution >= 4 is 6.08 Å². The largest absolute Gasteiger partial charge is 0.311 e. The minimum atomic E-state index is 0.528. The summed E-state index contributed by atoms with van der Waals surface area (Å²) in [4.78, 5) is 4.33. The molecule has 96 valence electrons. The number of benzene rings is 1. The van der Waals surface area contributed by atoms with Crippen LogP contribution in [0.5, 0.6) is 0 Å². The van der Waals surface area contributed by atoms with E-state index >= 15 is 0 Å². The predicted molar refractivity (Wildman–Crippen MR) is 79.7 cm³/mol. The monoisotopic (exact) mass is 250 g/mol. The molecule has 1 aromatic carbocycles. The average Bonchev–Trinajstić information content (AvgIpc) is 3.00. The number of rotatable bonds is 3. The molecule has 0 spiro atoms. The van der Waals surface area contributed by atoms with Crippen molar-refractivity contribution in [3.05, 3.63) is 60.4 Å². The first-order chi connectivity index (χ1) is 9.42. The number of aromatic nitrogens is 1. The van der Waals surface area contributed by atoms with E-state index in [1.807, 2.05) is 18.5 Å². The summed E-state index contributed by atoms with van der Waals surface area (Å²) in [5.74, 6) is 0. The molecule has 19 heavy (non-hydrogen) atoms. The molecule has 1 atom stereocenters. The molecule has 1 aliphatic rings. The lowest BCUT2D eigenvalue weighted by molar-refractivity contribution is 0.730. The third-order valence-electron chi connectivity index (χ3n) is 3.49. The van der Waals surface area contributed by atoms with Gasteiger partial charge in [-0.1, -0.05) is 42.5 Å². The van der Waals surface area contributed by atoms with Gasteiger partial charge in [-0.25, -0.2) is 0 Å². The number of hydrogen-bond donors (Lipinski definition) is 1. The summed E-state index contributed by atoms with van der Waals surface area (Å²) in [5, 5.41) is 3.47. The molecule has 2 nitrogen and oxygen atoms in total. The van der Waals surface area contributed by atoms with E-state index in [0.29, 0.717) is 6.04 Å². The molecule has 1 saturated heterocycles. The van der Waals surface area contributed by atoms with Crippen molar-refractivity contribution in [1.82, 2.24) is 10.3 Å². The molecule has 2 heteroatoms. The number of nitrogens with one attached hydrogen (secondary N) is 1. The van der Waals surface area contributed by atoms with Gasteiger partial charge in [0.2, 0.25) is 0 Å². The highest BCUT2D eigenvalue weighted by atomic mass is 14.9. The van der Waals surface area contributed by atoms with Crippen molar-refractivity contribution in [2.45, 2.75) is 18.9 Å². The zero-order valence-corrected chi connectivity index (χ0v) is 10.9. The molecular weight excluding hydrogens is 232 g/mol. The molecule has 2 heterocycles. The van der Waals surface area contributed by atoms with E-state index in [9.17, 15) is 0 Å². The van der Waals surface area contributed by atoms with Crippen LogP contribution in [0.4, 0.5) is 0 Å². The van der Waals surface area contributed by atoms with Crippen LogP contribution in [0.1, 0.15) is 18.4 Å². The van der Waals surface area contributed by atoms with Crippen LogP contribution in [0.2, 0.25) is 0 Å². The summed E-state index contributed by atoms with van der Waals surface area (Å²) in [6.45, 7) is 1.14. The van der Waals surface area contributed by atoms with E-state index < -0.39 is 0 Å². The topological polar surface area (TPSA) is 24.9 Å². The molecule has 2 aromatic rings. The van der Waals surface area contributed by atoms with E-state index in [0.717, 1.165) is 12.1 Å². The van der Waals surface area contributed by atoms with Gasteiger partial charge in [0, 0.05) is 24.0 Å². The van der Waals surface area contributed by atoms with Gasteiger partial charge in [0.1, 0.15) is 0 Å². The SMILES string of the molecule is C(=CC1CCCN1)c1cncc(-c2ccccc2)c1. The van der Waals surface area contributed by atoms with Gasteiger partial charge in [-0.05, 0) is 36.6 Å². The first kappa shape index (κ1) is 12.1. The fourth-order valence-electron chi connectivity index (χ4n) is 2.44. The second-order valence-electron chi connectivity index (χ2n) is 4.93. The van der Waals surface area contributed by atoms with Crippen LogP contribution in [-0.2, 0) is 0 Å². The van der Waals surface area contributed by atoms with E-state index in [-0.39, 0.29) is 0 Å². The Morgan fingerprint density at radius 2 is 2.00 bits per heavy atom. The highest BCUT2D eigenvalue weighted by Gasteiger charge is 2.09. The molecule has 0 aliphatic carbocycles. The zero-order chi connectivity index (χ0) is 12.9. The Labute approximate surface area is 114 Å². The number of pyridine rings is 1. The Hall–Kier alpha value is -1.93. The number of nitrogens with zero attached hydrogens (tertiary/aromatic N) is 1. The third-order valence-corrected chi connectivity index (χ3v) is 3.49. The normalized spacial score (nSPS) is 19.1. The average molecular weight is 250 g/mol. The lowest BCUT2D eigenvalue weighted by atomic mass is 10.1. The summed E-state index contributed by atoms with van der Waals surface area (Å²) >= 11 is 0. The van der Waals surface area contributed by atoms with Crippen LogP contribution in [0.25, 0.3) is 17.2 Å². The Morgan fingerprint density at radius 3 is 2.79 bits per heavy atom. The molecule has 1 aliphatic heterocycles. The van der Waals surface area contributed by atoms with Crippen molar-refractivity contribution in [3.63, 3.8) is 0 Å². The summed E-state index contributed by atoms with van der Waals surface area (Å²) in [6.07, 6.45) is 10.8. The Balaban J connectivity index is 1.80. The van der Waals surface area contributed by atoms with Gasteiger partial charge in [0.05, 0.1) is 0 Å². The lowest BCUT2D eigenvalue weighted by Crippen LogP contribution is -2.17. The summed E-state index contributed by atoms with van der Waals surface area (Å²) < 4.78 is 0. The highest BCUT2D eigenvalue weighted by molar-refractivity contribution is 5.66. The molecule has 0 amide bonds. The predicted octanol–water partition coefficient (Wildman–Crippen LogP) is 3.51. The smallest absolute Gasteiger partial charge is 0.0346 e. The van der Waals surface area contributed by atoms with Crippen molar-refractivity contribution < 1.29 is 0 Å². The fourth-order valence-corrected chi connectivity index (χ4v) is 2.44.